The molecule has 0 aliphatic carbocycles. The first kappa shape index (κ1) is 12.3. The molecule has 2 heterocycles. The summed E-state index contributed by atoms with van der Waals surface area (Å²) in [7, 11) is 1.27. The molecule has 0 unspecified atom stereocenters. The minimum Gasteiger partial charge on any atom is -0.481 e. The van der Waals surface area contributed by atoms with Gasteiger partial charge in [0.05, 0.1) is 7.11 Å². The van der Waals surface area contributed by atoms with Crippen LogP contribution in [0.2, 0.25) is 0 Å². The van der Waals surface area contributed by atoms with E-state index < -0.39 is 11.9 Å². The highest BCUT2D eigenvalue weighted by Gasteiger charge is 2.36. The Morgan fingerprint density at radius 1 is 1.06 bits per heavy atom. The van der Waals surface area contributed by atoms with Gasteiger partial charge in [-0.05, 0) is 23.8 Å². The molecule has 0 radical (unpaired) electrons. The molecular formula is C12H9F3N2O. The lowest BCUT2D eigenvalue weighted by molar-refractivity contribution is -0.140. The Balaban J connectivity index is 2.61. The van der Waals surface area contributed by atoms with Crippen LogP contribution in [0.3, 0.4) is 0 Å². The molecule has 0 spiro atoms. The lowest BCUT2D eigenvalue weighted by Gasteiger charge is -2.12. The van der Waals surface area contributed by atoms with E-state index in [4.69, 9.17) is 4.74 Å². The van der Waals surface area contributed by atoms with Crippen LogP contribution in [-0.4, -0.2) is 17.1 Å². The van der Waals surface area contributed by atoms with Crippen LogP contribution in [0.5, 0.6) is 5.88 Å². The number of hydrogen-bond acceptors (Lipinski definition) is 3. The summed E-state index contributed by atoms with van der Waals surface area (Å²) in [4.78, 5) is 7.24. The summed E-state index contributed by atoms with van der Waals surface area (Å²) in [5.74, 6) is -0.0693. The van der Waals surface area contributed by atoms with Crippen molar-refractivity contribution in [3.63, 3.8) is 0 Å². The fourth-order valence-electron chi connectivity index (χ4n) is 1.54. The van der Waals surface area contributed by atoms with E-state index in [2.05, 4.69) is 9.97 Å². The zero-order valence-electron chi connectivity index (χ0n) is 9.40. The second-order valence-electron chi connectivity index (χ2n) is 3.48. The van der Waals surface area contributed by atoms with E-state index in [0.717, 1.165) is 0 Å². The fraction of sp³-hybridized carbons (Fsp3) is 0.167. The van der Waals surface area contributed by atoms with Gasteiger partial charge in [0.25, 0.3) is 0 Å². The van der Waals surface area contributed by atoms with Crippen LogP contribution >= 0.6 is 0 Å². The molecule has 6 heteroatoms. The number of halogens is 3. The summed E-state index contributed by atoms with van der Waals surface area (Å²) in [6.07, 6.45) is -1.67. The number of hydrogen-bond donors (Lipinski definition) is 0. The van der Waals surface area contributed by atoms with Gasteiger partial charge in [0.1, 0.15) is 0 Å². The van der Waals surface area contributed by atoms with Crippen LogP contribution in [0.1, 0.15) is 5.69 Å². The van der Waals surface area contributed by atoms with Crippen LogP contribution in [-0.2, 0) is 6.18 Å². The quantitative estimate of drug-likeness (QED) is 0.825. The highest BCUT2D eigenvalue weighted by atomic mass is 19.4. The fourth-order valence-corrected chi connectivity index (χ4v) is 1.54. The Bertz CT molecular complexity index is 541. The van der Waals surface area contributed by atoms with Gasteiger partial charge in [-0.3, -0.25) is 4.98 Å². The molecule has 2 aromatic rings. The molecule has 0 atom stereocenters. The third-order valence-electron chi connectivity index (χ3n) is 2.34. The number of alkyl halides is 3. The highest BCUT2D eigenvalue weighted by molar-refractivity contribution is 5.66. The first-order chi connectivity index (χ1) is 8.52. The van der Waals surface area contributed by atoms with Gasteiger partial charge in [0.2, 0.25) is 5.88 Å². The number of nitrogens with zero attached hydrogens (tertiary/aromatic N) is 2. The molecular weight excluding hydrogens is 245 g/mol. The van der Waals surface area contributed by atoms with Gasteiger partial charge < -0.3 is 4.74 Å². The van der Waals surface area contributed by atoms with E-state index in [1.165, 1.54) is 43.8 Å². The van der Waals surface area contributed by atoms with E-state index in [0.29, 0.717) is 5.56 Å². The van der Waals surface area contributed by atoms with Gasteiger partial charge in [-0.25, -0.2) is 4.98 Å². The van der Waals surface area contributed by atoms with Crippen molar-refractivity contribution in [1.29, 1.82) is 0 Å². The second kappa shape index (κ2) is 4.64. The van der Waals surface area contributed by atoms with Crippen molar-refractivity contribution in [3.05, 3.63) is 42.4 Å². The smallest absolute Gasteiger partial charge is 0.434 e. The molecule has 0 bridgehead atoms. The average molecular weight is 254 g/mol. The Morgan fingerprint density at radius 3 is 2.28 bits per heavy atom. The van der Waals surface area contributed by atoms with Gasteiger partial charge in [-0.1, -0.05) is 0 Å². The predicted octanol–water partition coefficient (Wildman–Crippen LogP) is 3.17. The Labute approximate surface area is 101 Å². The van der Waals surface area contributed by atoms with Gasteiger partial charge in [0.15, 0.2) is 5.69 Å². The maximum absolute atomic E-state index is 12.9. The molecule has 0 fully saturated rings. The highest BCUT2D eigenvalue weighted by Crippen LogP contribution is 2.36. The molecule has 0 saturated heterocycles. The summed E-state index contributed by atoms with van der Waals surface area (Å²) in [5, 5.41) is 0. The Hall–Kier alpha value is -2.11. The molecule has 3 nitrogen and oxygen atoms in total. The maximum atomic E-state index is 12.9. The van der Waals surface area contributed by atoms with Gasteiger partial charge >= 0.3 is 6.18 Å². The summed E-state index contributed by atoms with van der Waals surface area (Å²) < 4.78 is 43.5. The minimum atomic E-state index is -4.53. The second-order valence-corrected chi connectivity index (χ2v) is 3.48. The molecule has 2 aromatic heterocycles. The summed E-state index contributed by atoms with van der Waals surface area (Å²) in [6, 6.07) is 5.73. The normalized spacial score (nSPS) is 11.3. The minimum absolute atomic E-state index is 0.00528. The van der Waals surface area contributed by atoms with Crippen LogP contribution in [0.15, 0.2) is 36.7 Å². The van der Waals surface area contributed by atoms with Crippen molar-refractivity contribution < 1.29 is 17.9 Å². The van der Waals surface area contributed by atoms with Crippen molar-refractivity contribution in [2.45, 2.75) is 6.18 Å². The van der Waals surface area contributed by atoms with Gasteiger partial charge in [-0.2, -0.15) is 13.2 Å². The third kappa shape index (κ3) is 2.42. The van der Waals surface area contributed by atoms with Crippen molar-refractivity contribution >= 4 is 0 Å². The third-order valence-corrected chi connectivity index (χ3v) is 2.34. The van der Waals surface area contributed by atoms with Gasteiger partial charge in [0, 0.05) is 24.0 Å². The summed E-state index contributed by atoms with van der Waals surface area (Å²) in [5.41, 5.74) is -0.550. The lowest BCUT2D eigenvalue weighted by atomic mass is 10.1. The molecule has 2 rings (SSSR count). The Kier molecular flexibility index (Phi) is 3.18. The average Bonchev–Trinajstić information content (AvgIpc) is 2.38. The number of aromatic nitrogens is 2. The molecule has 18 heavy (non-hydrogen) atoms. The van der Waals surface area contributed by atoms with Crippen LogP contribution in [0, 0.1) is 0 Å². The van der Waals surface area contributed by atoms with E-state index in [9.17, 15) is 13.2 Å². The van der Waals surface area contributed by atoms with Crippen LogP contribution in [0.4, 0.5) is 13.2 Å². The van der Waals surface area contributed by atoms with Crippen molar-refractivity contribution in [2.75, 3.05) is 7.11 Å². The van der Waals surface area contributed by atoms with Gasteiger partial charge in [-0.15, -0.1) is 0 Å². The summed E-state index contributed by atoms with van der Waals surface area (Å²) in [6.45, 7) is 0. The first-order valence-electron chi connectivity index (χ1n) is 5.05. The van der Waals surface area contributed by atoms with E-state index in [-0.39, 0.29) is 11.4 Å². The van der Waals surface area contributed by atoms with E-state index in [1.54, 1.807) is 0 Å². The van der Waals surface area contributed by atoms with Crippen molar-refractivity contribution in [3.8, 4) is 17.0 Å². The topological polar surface area (TPSA) is 35.0 Å². The van der Waals surface area contributed by atoms with Crippen LogP contribution in [0.25, 0.3) is 11.1 Å². The number of methoxy groups -OCH3 is 1. The SMILES string of the molecule is COc1ccc(-c2ccncc2)c(C(F)(F)F)n1. The molecule has 0 aliphatic heterocycles. The molecule has 0 aliphatic rings. The number of ether oxygens (including phenoxy) is 1. The van der Waals surface area contributed by atoms with E-state index >= 15 is 0 Å². The lowest BCUT2D eigenvalue weighted by Crippen LogP contribution is -2.10. The summed E-state index contributed by atoms with van der Waals surface area (Å²) >= 11 is 0. The van der Waals surface area contributed by atoms with Crippen LogP contribution < -0.4 is 4.74 Å². The number of pyridine rings is 2. The Morgan fingerprint density at radius 2 is 1.72 bits per heavy atom. The largest absolute Gasteiger partial charge is 0.481 e. The molecule has 0 N–H and O–H groups in total. The van der Waals surface area contributed by atoms with Crippen molar-refractivity contribution in [1.82, 2.24) is 9.97 Å². The predicted molar refractivity (Wildman–Crippen MR) is 59.0 cm³/mol. The molecule has 0 amide bonds. The monoisotopic (exact) mass is 254 g/mol. The first-order valence-corrected chi connectivity index (χ1v) is 5.05. The van der Waals surface area contributed by atoms with Crippen molar-refractivity contribution in [2.24, 2.45) is 0 Å². The molecule has 0 aromatic carbocycles. The molecule has 0 saturated carbocycles. The standard InChI is InChI=1S/C12H9F3N2O/c1-18-10-3-2-9(8-4-6-16-7-5-8)11(17-10)12(13,14)15/h2-7H,1H3. The maximum Gasteiger partial charge on any atom is 0.434 e. The zero-order chi connectivity index (χ0) is 13.2. The number of rotatable bonds is 2. The van der Waals surface area contributed by atoms with E-state index in [1.807, 2.05) is 0 Å². The molecule has 94 valence electrons. The zero-order valence-corrected chi connectivity index (χ0v) is 9.40.